The number of carbonyl (C=O) groups is 1. The third-order valence-electron chi connectivity index (χ3n) is 5.74. The van der Waals surface area contributed by atoms with Gasteiger partial charge in [-0.05, 0) is 29.3 Å². The van der Waals surface area contributed by atoms with Gasteiger partial charge >= 0.3 is 0 Å². The Balaban J connectivity index is 1.15. The first kappa shape index (κ1) is 20.7. The number of benzene rings is 2. The summed E-state index contributed by atoms with van der Waals surface area (Å²) in [7, 11) is 0. The molecule has 7 nitrogen and oxygen atoms in total. The van der Waals surface area contributed by atoms with Crippen molar-refractivity contribution in [2.45, 2.75) is 17.5 Å². The molecule has 4 aromatic rings. The summed E-state index contributed by atoms with van der Waals surface area (Å²) in [5, 5.41) is 8.65. The lowest BCUT2D eigenvalue weighted by Crippen LogP contribution is -2.48. The van der Waals surface area contributed by atoms with E-state index in [2.05, 4.69) is 49.3 Å². The number of nitrogens with zero attached hydrogens (tertiary/aromatic N) is 5. The van der Waals surface area contributed by atoms with Crippen LogP contribution in [0.4, 0.5) is 0 Å². The highest BCUT2D eigenvalue weighted by atomic mass is 32.2. The lowest BCUT2D eigenvalue weighted by Gasteiger charge is -2.35. The van der Waals surface area contributed by atoms with Crippen LogP contribution in [0.25, 0.3) is 10.9 Å². The van der Waals surface area contributed by atoms with E-state index in [1.54, 1.807) is 11.8 Å². The SMILES string of the molecule is O=C(c1ccc(CSc2ncn[nH]2)cc1)N1CCN(Cc2cccc3cccnc23)CC1. The molecule has 1 saturated heterocycles. The van der Waals surface area contributed by atoms with E-state index in [0.717, 1.165) is 60.3 Å². The van der Waals surface area contributed by atoms with Crippen molar-refractivity contribution in [3.8, 4) is 0 Å². The highest BCUT2D eigenvalue weighted by Gasteiger charge is 2.22. The highest BCUT2D eigenvalue weighted by molar-refractivity contribution is 7.98. The largest absolute Gasteiger partial charge is 0.336 e. The first-order valence-electron chi connectivity index (χ1n) is 10.7. The standard InChI is InChI=1S/C24H24N6OS/c31-23(20-8-6-18(7-9-20)16-32-24-26-17-27-28-24)30-13-11-29(12-14-30)15-21-4-1-3-19-5-2-10-25-22(19)21/h1-10,17H,11-16H2,(H,26,27,28). The van der Waals surface area contributed by atoms with Crippen molar-refractivity contribution in [3.05, 3.63) is 83.8 Å². The van der Waals surface area contributed by atoms with Crippen LogP contribution in [0.2, 0.25) is 0 Å². The summed E-state index contributed by atoms with van der Waals surface area (Å²) in [6.07, 6.45) is 3.35. The van der Waals surface area contributed by atoms with E-state index in [-0.39, 0.29) is 5.91 Å². The van der Waals surface area contributed by atoms with Crippen molar-refractivity contribution in [1.82, 2.24) is 30.0 Å². The van der Waals surface area contributed by atoms with Crippen LogP contribution in [0, 0.1) is 0 Å². The molecular weight excluding hydrogens is 420 g/mol. The fraction of sp³-hybridized carbons (Fsp3) is 0.250. The molecule has 0 aliphatic carbocycles. The van der Waals surface area contributed by atoms with Gasteiger partial charge in [0.1, 0.15) is 6.33 Å². The van der Waals surface area contributed by atoms with Gasteiger partial charge in [0, 0.05) is 55.6 Å². The molecule has 0 saturated carbocycles. The minimum absolute atomic E-state index is 0.103. The monoisotopic (exact) mass is 444 g/mol. The van der Waals surface area contributed by atoms with Crippen molar-refractivity contribution in [2.75, 3.05) is 26.2 Å². The molecule has 1 N–H and O–H groups in total. The maximum absolute atomic E-state index is 13.0. The number of carbonyl (C=O) groups excluding carboxylic acids is 1. The lowest BCUT2D eigenvalue weighted by atomic mass is 10.1. The summed E-state index contributed by atoms with van der Waals surface area (Å²) < 4.78 is 0. The molecule has 3 heterocycles. The number of H-pyrrole nitrogens is 1. The van der Waals surface area contributed by atoms with Gasteiger partial charge < -0.3 is 4.90 Å². The van der Waals surface area contributed by atoms with E-state index in [4.69, 9.17) is 0 Å². The number of fused-ring (bicyclic) bond motifs is 1. The molecule has 0 atom stereocenters. The Morgan fingerprint density at radius 3 is 2.56 bits per heavy atom. The topological polar surface area (TPSA) is 78.0 Å². The number of para-hydroxylation sites is 1. The number of aromatic nitrogens is 4. The van der Waals surface area contributed by atoms with Crippen LogP contribution in [-0.2, 0) is 12.3 Å². The van der Waals surface area contributed by atoms with Crippen LogP contribution >= 0.6 is 11.8 Å². The van der Waals surface area contributed by atoms with Gasteiger partial charge in [0.15, 0.2) is 5.16 Å². The van der Waals surface area contributed by atoms with E-state index < -0.39 is 0 Å². The third kappa shape index (κ3) is 4.66. The molecule has 162 valence electrons. The molecule has 32 heavy (non-hydrogen) atoms. The van der Waals surface area contributed by atoms with Gasteiger partial charge in [-0.1, -0.05) is 48.2 Å². The Hall–Kier alpha value is -3.23. The molecule has 0 spiro atoms. The predicted octanol–water partition coefficient (Wildman–Crippen LogP) is 3.60. The summed E-state index contributed by atoms with van der Waals surface area (Å²) in [6.45, 7) is 4.05. The summed E-state index contributed by atoms with van der Waals surface area (Å²) in [5.74, 6) is 0.886. The summed E-state index contributed by atoms with van der Waals surface area (Å²) >= 11 is 1.59. The fourth-order valence-electron chi connectivity index (χ4n) is 3.99. The first-order valence-corrected chi connectivity index (χ1v) is 11.7. The zero-order valence-corrected chi connectivity index (χ0v) is 18.5. The zero-order chi connectivity index (χ0) is 21.8. The Morgan fingerprint density at radius 1 is 0.969 bits per heavy atom. The second-order valence-electron chi connectivity index (χ2n) is 7.84. The Bertz CT molecular complexity index is 1180. The van der Waals surface area contributed by atoms with Crippen molar-refractivity contribution < 1.29 is 4.79 Å². The van der Waals surface area contributed by atoms with Gasteiger partial charge in [-0.2, -0.15) is 5.10 Å². The minimum Gasteiger partial charge on any atom is -0.336 e. The van der Waals surface area contributed by atoms with E-state index in [1.165, 1.54) is 17.3 Å². The van der Waals surface area contributed by atoms with Crippen molar-refractivity contribution in [1.29, 1.82) is 0 Å². The molecule has 5 rings (SSSR count). The van der Waals surface area contributed by atoms with Crippen LogP contribution in [-0.4, -0.2) is 62.1 Å². The molecule has 0 unspecified atom stereocenters. The lowest BCUT2D eigenvalue weighted by molar-refractivity contribution is 0.0629. The number of amides is 1. The average Bonchev–Trinajstić information content (AvgIpc) is 3.37. The molecule has 1 fully saturated rings. The van der Waals surface area contributed by atoms with Gasteiger partial charge in [-0.25, -0.2) is 4.98 Å². The van der Waals surface area contributed by atoms with Crippen molar-refractivity contribution in [3.63, 3.8) is 0 Å². The fourth-order valence-corrected chi connectivity index (χ4v) is 4.72. The number of piperazine rings is 1. The number of thioether (sulfide) groups is 1. The minimum atomic E-state index is 0.103. The van der Waals surface area contributed by atoms with E-state index >= 15 is 0 Å². The van der Waals surface area contributed by atoms with Gasteiger partial charge in [-0.3, -0.25) is 19.8 Å². The Kier molecular flexibility index (Phi) is 6.13. The van der Waals surface area contributed by atoms with Crippen molar-refractivity contribution in [2.24, 2.45) is 0 Å². The zero-order valence-electron chi connectivity index (χ0n) is 17.6. The predicted molar refractivity (Wildman–Crippen MR) is 125 cm³/mol. The average molecular weight is 445 g/mol. The van der Waals surface area contributed by atoms with Gasteiger partial charge in [0.25, 0.3) is 5.91 Å². The maximum atomic E-state index is 13.0. The molecule has 0 radical (unpaired) electrons. The quantitative estimate of drug-likeness (QED) is 0.458. The first-order chi connectivity index (χ1) is 15.8. The summed E-state index contributed by atoms with van der Waals surface area (Å²) in [5.41, 5.74) is 4.19. The second kappa shape index (κ2) is 9.50. The van der Waals surface area contributed by atoms with Gasteiger partial charge in [0.2, 0.25) is 0 Å². The van der Waals surface area contributed by atoms with Crippen LogP contribution in [0.15, 0.2) is 72.3 Å². The highest BCUT2D eigenvalue weighted by Crippen LogP contribution is 2.21. The van der Waals surface area contributed by atoms with Gasteiger partial charge in [-0.15, -0.1) is 0 Å². The Labute approximate surface area is 190 Å². The molecule has 1 aliphatic heterocycles. The number of aromatic amines is 1. The molecule has 1 amide bonds. The molecule has 2 aromatic carbocycles. The molecular formula is C24H24N6OS. The number of hydrogen-bond acceptors (Lipinski definition) is 6. The smallest absolute Gasteiger partial charge is 0.253 e. The van der Waals surface area contributed by atoms with E-state index in [0.29, 0.717) is 0 Å². The Morgan fingerprint density at radius 2 is 1.78 bits per heavy atom. The van der Waals surface area contributed by atoms with E-state index in [1.807, 2.05) is 41.4 Å². The number of nitrogens with one attached hydrogen (secondary N) is 1. The van der Waals surface area contributed by atoms with Crippen LogP contribution < -0.4 is 0 Å². The van der Waals surface area contributed by atoms with Crippen LogP contribution in [0.3, 0.4) is 0 Å². The van der Waals surface area contributed by atoms with E-state index in [9.17, 15) is 4.79 Å². The summed E-state index contributed by atoms with van der Waals surface area (Å²) in [4.78, 5) is 26.0. The summed E-state index contributed by atoms with van der Waals surface area (Å²) in [6, 6.07) is 18.3. The second-order valence-corrected chi connectivity index (χ2v) is 8.80. The van der Waals surface area contributed by atoms with Gasteiger partial charge in [0.05, 0.1) is 5.52 Å². The van der Waals surface area contributed by atoms with Crippen LogP contribution in [0.5, 0.6) is 0 Å². The molecule has 8 heteroatoms. The molecule has 0 bridgehead atoms. The van der Waals surface area contributed by atoms with Crippen LogP contribution in [0.1, 0.15) is 21.5 Å². The maximum Gasteiger partial charge on any atom is 0.253 e. The number of pyridine rings is 1. The normalized spacial score (nSPS) is 14.7. The number of hydrogen-bond donors (Lipinski definition) is 1. The molecule has 1 aliphatic rings. The van der Waals surface area contributed by atoms with Crippen molar-refractivity contribution >= 4 is 28.6 Å². The molecule has 2 aromatic heterocycles. The third-order valence-corrected chi connectivity index (χ3v) is 6.69. The number of rotatable bonds is 6.